The van der Waals surface area contributed by atoms with Gasteiger partial charge in [0, 0.05) is 11.1 Å². The summed E-state index contributed by atoms with van der Waals surface area (Å²) in [6.45, 7) is 0. The topological polar surface area (TPSA) is 46.7 Å². The van der Waals surface area contributed by atoms with E-state index < -0.39 is 17.5 Å². The molecule has 4 heteroatoms. The van der Waals surface area contributed by atoms with Gasteiger partial charge in [0.1, 0.15) is 11.9 Å². The Balaban J connectivity index is 1.79. The second-order valence-corrected chi connectivity index (χ2v) is 4.99. The Morgan fingerprint density at radius 3 is 2.20 bits per heavy atom. The predicted octanol–water partition coefficient (Wildman–Crippen LogP) is 2.72. The van der Waals surface area contributed by atoms with E-state index in [-0.39, 0.29) is 11.6 Å². The molecule has 3 nitrogen and oxygen atoms in total. The van der Waals surface area contributed by atoms with Crippen LogP contribution in [0.5, 0.6) is 0 Å². The first kappa shape index (κ1) is 11.5. The fourth-order valence-electron chi connectivity index (χ4n) is 2.85. The van der Waals surface area contributed by atoms with Crippen LogP contribution in [0.1, 0.15) is 32.4 Å². The SMILES string of the molecule is O=C1c2ccccc2C(=O)C12O[C@@H]2c1cccc(F)c1. The number of Topliss-reactive ketones (excluding diaryl/α,β-unsaturated/α-hetero) is 2. The van der Waals surface area contributed by atoms with Crippen LogP contribution in [-0.2, 0) is 4.74 Å². The van der Waals surface area contributed by atoms with Crippen LogP contribution >= 0.6 is 0 Å². The first-order chi connectivity index (χ1) is 9.64. The fraction of sp³-hybridized carbons (Fsp3) is 0.125. The smallest absolute Gasteiger partial charge is 0.224 e. The number of benzene rings is 2. The number of epoxide rings is 1. The first-order valence-corrected chi connectivity index (χ1v) is 6.26. The van der Waals surface area contributed by atoms with Crippen molar-refractivity contribution in [1.82, 2.24) is 0 Å². The molecule has 98 valence electrons. The molecule has 0 amide bonds. The van der Waals surface area contributed by atoms with Crippen LogP contribution in [0.25, 0.3) is 0 Å². The van der Waals surface area contributed by atoms with Gasteiger partial charge in [-0.2, -0.15) is 0 Å². The van der Waals surface area contributed by atoms with Gasteiger partial charge in [-0.1, -0.05) is 36.4 Å². The van der Waals surface area contributed by atoms with E-state index in [2.05, 4.69) is 0 Å². The van der Waals surface area contributed by atoms with Crippen LogP contribution in [0.3, 0.4) is 0 Å². The molecule has 1 heterocycles. The lowest BCUT2D eigenvalue weighted by Crippen LogP contribution is -2.27. The minimum atomic E-state index is -1.46. The maximum absolute atomic E-state index is 13.3. The monoisotopic (exact) mass is 268 g/mol. The number of fused-ring (bicyclic) bond motifs is 1. The zero-order chi connectivity index (χ0) is 13.9. The summed E-state index contributed by atoms with van der Waals surface area (Å²) in [5, 5.41) is 0. The van der Waals surface area contributed by atoms with Crippen LogP contribution < -0.4 is 0 Å². The van der Waals surface area contributed by atoms with Crippen molar-refractivity contribution in [3.8, 4) is 0 Å². The van der Waals surface area contributed by atoms with E-state index in [0.29, 0.717) is 16.7 Å². The normalized spacial score (nSPS) is 22.1. The number of hydrogen-bond donors (Lipinski definition) is 0. The third-order valence-electron chi connectivity index (χ3n) is 3.86. The summed E-state index contributed by atoms with van der Waals surface area (Å²) in [4.78, 5) is 24.8. The summed E-state index contributed by atoms with van der Waals surface area (Å²) in [5.74, 6) is -1.07. The summed E-state index contributed by atoms with van der Waals surface area (Å²) < 4.78 is 18.7. The fourth-order valence-corrected chi connectivity index (χ4v) is 2.85. The van der Waals surface area contributed by atoms with Gasteiger partial charge in [0.2, 0.25) is 17.2 Å². The molecule has 1 fully saturated rings. The second-order valence-electron chi connectivity index (χ2n) is 4.99. The lowest BCUT2D eigenvalue weighted by Gasteiger charge is -2.00. The van der Waals surface area contributed by atoms with E-state index in [1.807, 2.05) is 0 Å². The second kappa shape index (κ2) is 3.61. The number of ether oxygens (including phenoxy) is 1. The number of halogens is 1. The summed E-state index contributed by atoms with van der Waals surface area (Å²) >= 11 is 0. The highest BCUT2D eigenvalue weighted by molar-refractivity contribution is 6.34. The Morgan fingerprint density at radius 2 is 1.60 bits per heavy atom. The molecule has 20 heavy (non-hydrogen) atoms. The van der Waals surface area contributed by atoms with Crippen LogP contribution in [0.4, 0.5) is 4.39 Å². The minimum Gasteiger partial charge on any atom is -0.344 e. The molecule has 1 saturated heterocycles. The zero-order valence-electron chi connectivity index (χ0n) is 10.3. The highest BCUT2D eigenvalue weighted by atomic mass is 19.1. The zero-order valence-corrected chi connectivity index (χ0v) is 10.3. The molecule has 4 rings (SSSR count). The van der Waals surface area contributed by atoms with Gasteiger partial charge in [0.05, 0.1) is 0 Å². The molecule has 2 aromatic carbocycles. The molecule has 2 aliphatic rings. The van der Waals surface area contributed by atoms with Gasteiger partial charge in [0.25, 0.3) is 0 Å². The van der Waals surface area contributed by atoms with Crippen molar-refractivity contribution in [1.29, 1.82) is 0 Å². The number of carbonyl (C=O) groups is 2. The van der Waals surface area contributed by atoms with Crippen molar-refractivity contribution < 1.29 is 18.7 Å². The van der Waals surface area contributed by atoms with Crippen molar-refractivity contribution in [2.24, 2.45) is 0 Å². The summed E-state index contributed by atoms with van der Waals surface area (Å²) in [6, 6.07) is 12.5. The molecule has 1 spiro atoms. The first-order valence-electron chi connectivity index (χ1n) is 6.26. The van der Waals surface area contributed by atoms with Crippen LogP contribution in [-0.4, -0.2) is 17.2 Å². The molecule has 0 saturated carbocycles. The lowest BCUT2D eigenvalue weighted by atomic mass is 9.94. The number of carbonyl (C=O) groups excluding carboxylic acids is 2. The molecule has 0 aromatic heterocycles. The molecule has 1 aliphatic heterocycles. The van der Waals surface area contributed by atoms with E-state index in [1.54, 1.807) is 30.3 Å². The summed E-state index contributed by atoms with van der Waals surface area (Å²) in [7, 11) is 0. The maximum atomic E-state index is 13.3. The van der Waals surface area contributed by atoms with Crippen molar-refractivity contribution in [2.45, 2.75) is 11.7 Å². The van der Waals surface area contributed by atoms with Gasteiger partial charge in [-0.3, -0.25) is 9.59 Å². The predicted molar refractivity (Wildman–Crippen MR) is 68.1 cm³/mol. The van der Waals surface area contributed by atoms with Gasteiger partial charge in [-0.15, -0.1) is 0 Å². The molecular weight excluding hydrogens is 259 g/mol. The Labute approximate surface area is 114 Å². The third kappa shape index (κ3) is 1.26. The van der Waals surface area contributed by atoms with Gasteiger partial charge in [0.15, 0.2) is 0 Å². The summed E-state index contributed by atoms with van der Waals surface area (Å²) in [6.07, 6.45) is -0.689. The largest absolute Gasteiger partial charge is 0.344 e. The Hall–Kier alpha value is -2.33. The van der Waals surface area contributed by atoms with Crippen LogP contribution in [0, 0.1) is 5.82 Å². The highest BCUT2D eigenvalue weighted by Crippen LogP contribution is 2.56. The molecule has 0 N–H and O–H groups in total. The standard InChI is InChI=1S/C16H9FO3/c17-10-5-3-4-9(8-10)15-16(20-15)13(18)11-6-1-2-7-12(11)14(16)19/h1-8,15H/t15-/m1/s1. The van der Waals surface area contributed by atoms with E-state index in [1.165, 1.54) is 18.2 Å². The number of ketones is 2. The van der Waals surface area contributed by atoms with Gasteiger partial charge >= 0.3 is 0 Å². The highest BCUT2D eigenvalue weighted by Gasteiger charge is 2.72. The summed E-state index contributed by atoms with van der Waals surface area (Å²) in [5.41, 5.74) is -0.176. The average Bonchev–Trinajstić information content (AvgIpc) is 3.18. The lowest BCUT2D eigenvalue weighted by molar-refractivity contribution is 0.0785. The molecule has 0 unspecified atom stereocenters. The molecule has 1 atom stereocenters. The third-order valence-corrected chi connectivity index (χ3v) is 3.86. The van der Waals surface area contributed by atoms with Gasteiger partial charge in [-0.05, 0) is 17.7 Å². The number of hydrogen-bond acceptors (Lipinski definition) is 3. The average molecular weight is 268 g/mol. The molecular formula is C16H9FO3. The van der Waals surface area contributed by atoms with Gasteiger partial charge < -0.3 is 4.74 Å². The molecule has 0 bridgehead atoms. The van der Waals surface area contributed by atoms with Crippen LogP contribution in [0.15, 0.2) is 48.5 Å². The quantitative estimate of drug-likeness (QED) is 0.590. The van der Waals surface area contributed by atoms with E-state index in [9.17, 15) is 14.0 Å². The van der Waals surface area contributed by atoms with Gasteiger partial charge in [-0.25, -0.2) is 4.39 Å². The van der Waals surface area contributed by atoms with Crippen molar-refractivity contribution >= 4 is 11.6 Å². The van der Waals surface area contributed by atoms with Crippen molar-refractivity contribution in [3.05, 3.63) is 71.0 Å². The van der Waals surface area contributed by atoms with Crippen LogP contribution in [0.2, 0.25) is 0 Å². The van der Waals surface area contributed by atoms with E-state index in [0.717, 1.165) is 0 Å². The molecule has 2 aromatic rings. The van der Waals surface area contributed by atoms with E-state index in [4.69, 9.17) is 4.74 Å². The van der Waals surface area contributed by atoms with Crippen molar-refractivity contribution in [2.75, 3.05) is 0 Å². The van der Waals surface area contributed by atoms with E-state index >= 15 is 0 Å². The Bertz CT molecular complexity index is 731. The Kier molecular flexibility index (Phi) is 2.07. The molecule has 1 aliphatic carbocycles. The minimum absolute atomic E-state index is 0.327. The number of rotatable bonds is 1. The Morgan fingerprint density at radius 1 is 0.950 bits per heavy atom. The van der Waals surface area contributed by atoms with Crippen molar-refractivity contribution in [3.63, 3.8) is 0 Å². The molecule has 0 radical (unpaired) electrons. The maximum Gasteiger partial charge on any atom is 0.224 e.